The summed E-state index contributed by atoms with van der Waals surface area (Å²) in [4.78, 5) is 53.2. The molecular weight excluding hydrogens is 720 g/mol. The predicted molar refractivity (Wildman–Crippen MR) is 206 cm³/mol. The second kappa shape index (κ2) is 16.7. The van der Waals surface area contributed by atoms with Crippen molar-refractivity contribution in [3.8, 4) is 0 Å². The van der Waals surface area contributed by atoms with E-state index >= 15 is 0 Å². The first-order chi connectivity index (χ1) is 26.4. The second-order valence-corrected chi connectivity index (χ2v) is 18.1. The average Bonchev–Trinajstić information content (AvgIpc) is 3.50. The Balaban J connectivity index is 1.12. The minimum absolute atomic E-state index is 0.0202. The molecule has 0 spiro atoms. The molecule has 4 N–H and O–H groups in total. The van der Waals surface area contributed by atoms with Crippen molar-refractivity contribution in [2.24, 2.45) is 17.3 Å². The monoisotopic (exact) mass is 780 g/mol. The number of hydrogen-bond donors (Lipinski definition) is 4. The van der Waals surface area contributed by atoms with Gasteiger partial charge >= 0.3 is 11.9 Å². The molecule has 1 unspecified atom stereocenters. The Morgan fingerprint density at radius 3 is 2.52 bits per heavy atom. The Kier molecular flexibility index (Phi) is 12.5. The van der Waals surface area contributed by atoms with Crippen LogP contribution in [0.15, 0.2) is 41.5 Å². The highest BCUT2D eigenvalue weighted by atomic mass is 16.7. The maximum absolute atomic E-state index is 14.0. The molecule has 1 aromatic carbocycles. The smallest absolute Gasteiger partial charge is 0.339 e. The Hall–Kier alpha value is -3.62. The van der Waals surface area contributed by atoms with Crippen LogP contribution in [0.5, 0.6) is 0 Å². The highest BCUT2D eigenvalue weighted by Gasteiger charge is 2.56. The molecule has 2 aliphatic heterocycles. The van der Waals surface area contributed by atoms with Gasteiger partial charge in [-0.1, -0.05) is 43.7 Å². The van der Waals surface area contributed by atoms with E-state index in [4.69, 9.17) is 23.7 Å². The van der Waals surface area contributed by atoms with Gasteiger partial charge in [0, 0.05) is 18.4 Å². The molecule has 1 aromatic rings. The van der Waals surface area contributed by atoms with Crippen molar-refractivity contribution < 1.29 is 53.1 Å². The van der Waals surface area contributed by atoms with Crippen molar-refractivity contribution in [3.05, 3.63) is 52.6 Å². The van der Waals surface area contributed by atoms with Crippen molar-refractivity contribution in [1.29, 1.82) is 0 Å². The lowest BCUT2D eigenvalue weighted by atomic mass is 9.52. The Bertz CT molecular complexity index is 1710. The van der Waals surface area contributed by atoms with E-state index in [0.717, 1.165) is 37.7 Å². The van der Waals surface area contributed by atoms with Crippen LogP contribution in [-0.4, -0.2) is 101 Å². The molecule has 0 aromatic heterocycles. The van der Waals surface area contributed by atoms with E-state index < -0.39 is 72.5 Å². The zero-order valence-electron chi connectivity index (χ0n) is 33.8. The number of benzene rings is 1. The summed E-state index contributed by atoms with van der Waals surface area (Å²) in [6, 6.07) is 5.19. The third-order valence-corrected chi connectivity index (χ3v) is 12.2. The number of rotatable bonds is 12. The fourth-order valence-corrected chi connectivity index (χ4v) is 8.96. The second-order valence-electron chi connectivity index (χ2n) is 18.1. The van der Waals surface area contributed by atoms with E-state index in [1.165, 1.54) is 12.5 Å². The molecule has 2 saturated carbocycles. The highest BCUT2D eigenvalue weighted by molar-refractivity contribution is 5.98. The number of allylic oxidation sites excluding steroid dienone is 1. The van der Waals surface area contributed by atoms with Crippen LogP contribution in [0.2, 0.25) is 0 Å². The molecule has 56 heavy (non-hydrogen) atoms. The number of epoxide rings is 1. The van der Waals surface area contributed by atoms with Crippen molar-refractivity contribution in [2.75, 3.05) is 13.4 Å². The molecule has 10 atom stereocenters. The lowest BCUT2D eigenvalue weighted by molar-refractivity contribution is -0.155. The number of esters is 2. The van der Waals surface area contributed by atoms with Crippen LogP contribution in [0.4, 0.5) is 0 Å². The van der Waals surface area contributed by atoms with Crippen molar-refractivity contribution in [2.45, 2.75) is 154 Å². The lowest BCUT2D eigenvalue weighted by Gasteiger charge is -2.53. The molecule has 3 aliphatic carbocycles. The summed E-state index contributed by atoms with van der Waals surface area (Å²) in [6.45, 7) is 13.0. The Morgan fingerprint density at radius 2 is 1.82 bits per heavy atom. The van der Waals surface area contributed by atoms with Gasteiger partial charge in [-0.3, -0.25) is 14.4 Å². The summed E-state index contributed by atoms with van der Waals surface area (Å²) < 4.78 is 29.1. The molecule has 5 aliphatic rings. The van der Waals surface area contributed by atoms with Gasteiger partial charge in [0.1, 0.15) is 36.7 Å². The van der Waals surface area contributed by atoms with Crippen LogP contribution in [-0.2, 0) is 38.1 Å². The van der Waals surface area contributed by atoms with E-state index in [0.29, 0.717) is 17.4 Å². The number of ether oxygens (including phenoxy) is 5. The average molecular weight is 781 g/mol. The van der Waals surface area contributed by atoms with E-state index in [2.05, 4.69) is 37.5 Å². The molecular formula is C43H60N2O11. The van der Waals surface area contributed by atoms with Gasteiger partial charge in [0.25, 0.3) is 0 Å². The van der Waals surface area contributed by atoms with Gasteiger partial charge in [-0.15, -0.1) is 0 Å². The van der Waals surface area contributed by atoms with Crippen LogP contribution in [0, 0.1) is 17.3 Å². The Labute approximate surface area is 329 Å². The molecule has 13 nitrogen and oxygen atoms in total. The standard InChI is InChI=1S/C43H60N2O11/c1-24(47)36(39(50)44-28(22-46)13-15-35(48)56-41(2,3)4)45-38(49)27-19-32-37(53-23-52-32)33(20-27)54-40(51)29-11-9-8-10-25(29)18-26-12-14-34-43(7,55-34)17-16-31-30(26)21-42(31,5)6/h8-11,18-19,24,28,30-34,36-37,46-47H,12-17,20-23H2,1-7H3,(H,44,50)(H,45,49)/t24-,28-,30+,31+,32+,33+,34?,36+,37+,43+/m0/s1. The van der Waals surface area contributed by atoms with Crippen LogP contribution in [0.1, 0.15) is 116 Å². The summed E-state index contributed by atoms with van der Waals surface area (Å²) in [5, 5.41) is 25.6. The summed E-state index contributed by atoms with van der Waals surface area (Å²) in [5.74, 6) is -1.44. The predicted octanol–water partition coefficient (Wildman–Crippen LogP) is 4.53. The van der Waals surface area contributed by atoms with E-state index in [9.17, 15) is 29.4 Å². The highest BCUT2D eigenvalue weighted by Crippen LogP contribution is 2.59. The van der Waals surface area contributed by atoms with Crippen molar-refractivity contribution in [3.63, 3.8) is 0 Å². The number of nitrogens with one attached hydrogen (secondary N) is 2. The zero-order chi connectivity index (χ0) is 40.6. The van der Waals surface area contributed by atoms with Crippen LogP contribution < -0.4 is 10.6 Å². The number of carbonyl (C=O) groups is 4. The van der Waals surface area contributed by atoms with Gasteiger partial charge in [0.15, 0.2) is 0 Å². The topological polar surface area (TPSA) is 182 Å². The van der Waals surface area contributed by atoms with Crippen LogP contribution >= 0.6 is 0 Å². The largest absolute Gasteiger partial charge is 0.460 e. The summed E-state index contributed by atoms with van der Waals surface area (Å²) >= 11 is 0. The summed E-state index contributed by atoms with van der Waals surface area (Å²) in [6.07, 6.45) is 5.66. The van der Waals surface area contributed by atoms with Crippen LogP contribution in [0.25, 0.3) is 6.08 Å². The van der Waals surface area contributed by atoms with Crippen LogP contribution in [0.3, 0.4) is 0 Å². The number of carbonyl (C=O) groups excluding carboxylic acids is 4. The number of aliphatic hydroxyl groups is 2. The fraction of sp³-hybridized carbons (Fsp3) is 0.674. The van der Waals surface area contributed by atoms with E-state index in [1.807, 2.05) is 12.1 Å². The van der Waals surface area contributed by atoms with Gasteiger partial charge in [0.2, 0.25) is 11.8 Å². The molecule has 2 saturated heterocycles. The number of amides is 2. The maximum atomic E-state index is 14.0. The minimum Gasteiger partial charge on any atom is -0.460 e. The van der Waals surface area contributed by atoms with Crippen molar-refractivity contribution >= 4 is 29.8 Å². The first kappa shape index (κ1) is 42.0. The quantitative estimate of drug-likeness (QED) is 0.173. The Morgan fingerprint density at radius 1 is 1.07 bits per heavy atom. The molecule has 0 bridgehead atoms. The molecule has 6 rings (SSSR count). The minimum atomic E-state index is -1.39. The molecule has 0 radical (unpaired) electrons. The van der Waals surface area contributed by atoms with Gasteiger partial charge in [0.05, 0.1) is 36.0 Å². The first-order valence-electron chi connectivity index (χ1n) is 20.1. The third kappa shape index (κ3) is 9.73. The van der Waals surface area contributed by atoms with E-state index in [1.54, 1.807) is 39.0 Å². The fourth-order valence-electron chi connectivity index (χ4n) is 8.96. The summed E-state index contributed by atoms with van der Waals surface area (Å²) in [5.41, 5.74) is 2.26. The first-order valence-corrected chi connectivity index (χ1v) is 20.1. The van der Waals surface area contributed by atoms with E-state index in [-0.39, 0.29) is 48.7 Å². The summed E-state index contributed by atoms with van der Waals surface area (Å²) in [7, 11) is 0. The van der Waals surface area contributed by atoms with Gasteiger partial charge in [-0.25, -0.2) is 4.79 Å². The SMILES string of the molecule is C[C@H](O)[C@@H](NC(=O)C1=C[C@H]2OCO[C@H]2[C@H](OC(=O)c2ccccc2C=C2CCC3O[C@]3(C)CC[C@@H]3[C@@H]2CC3(C)C)C1)C(=O)N[C@H](CO)CCC(=O)OC(C)(C)C. The number of aliphatic hydroxyl groups excluding tert-OH is 2. The van der Waals surface area contributed by atoms with Gasteiger partial charge < -0.3 is 44.5 Å². The number of fused-ring (bicyclic) bond motifs is 3. The maximum Gasteiger partial charge on any atom is 0.339 e. The third-order valence-electron chi connectivity index (χ3n) is 12.2. The molecule has 4 fully saturated rings. The molecule has 2 heterocycles. The normalized spacial score (nSPS) is 31.6. The van der Waals surface area contributed by atoms with Gasteiger partial charge in [-0.2, -0.15) is 0 Å². The number of hydrogen-bond acceptors (Lipinski definition) is 11. The lowest BCUT2D eigenvalue weighted by Crippen LogP contribution is -2.55. The molecule has 2 amide bonds. The van der Waals surface area contributed by atoms with Gasteiger partial charge in [-0.05, 0) is 108 Å². The van der Waals surface area contributed by atoms with Crippen molar-refractivity contribution in [1.82, 2.24) is 10.6 Å². The molecule has 308 valence electrons. The molecule has 13 heteroatoms. The zero-order valence-corrected chi connectivity index (χ0v) is 33.8.